The van der Waals surface area contributed by atoms with Gasteiger partial charge in [-0.1, -0.05) is 18.2 Å². The van der Waals surface area contributed by atoms with Gasteiger partial charge in [0.25, 0.3) is 11.5 Å². The first-order valence-electron chi connectivity index (χ1n) is 10.1. The smallest absolute Gasteiger partial charge is 0.334 e. The molecule has 1 fully saturated rings. The maximum Gasteiger partial charge on any atom is 0.334 e. The minimum absolute atomic E-state index is 0.0210. The van der Waals surface area contributed by atoms with Crippen LogP contribution in [-0.4, -0.2) is 38.0 Å². The normalized spacial score (nSPS) is 19.8. The summed E-state index contributed by atoms with van der Waals surface area (Å²) in [5.41, 5.74) is 0.527. The van der Waals surface area contributed by atoms with Crippen LogP contribution in [0.4, 0.5) is 5.69 Å². The Hall–Kier alpha value is -3.75. The van der Waals surface area contributed by atoms with Crippen molar-refractivity contribution >= 4 is 22.5 Å². The van der Waals surface area contributed by atoms with E-state index < -0.39 is 16.2 Å². The number of rotatable bonds is 2. The Morgan fingerprint density at radius 3 is 2.65 bits per heavy atom. The van der Waals surface area contributed by atoms with Crippen molar-refractivity contribution in [3.8, 4) is 0 Å². The van der Waals surface area contributed by atoms with Crippen LogP contribution in [0.1, 0.15) is 28.4 Å². The second-order valence-electron chi connectivity index (χ2n) is 8.30. The molecule has 0 saturated carbocycles. The number of nitro groups is 1. The molecule has 0 radical (unpaired) electrons. The van der Waals surface area contributed by atoms with Crippen LogP contribution in [0, 0.1) is 16.0 Å². The third-order valence-electron chi connectivity index (χ3n) is 6.45. The van der Waals surface area contributed by atoms with Gasteiger partial charge in [-0.2, -0.15) is 0 Å². The largest absolute Gasteiger partial charge is 0.338 e. The van der Waals surface area contributed by atoms with Crippen molar-refractivity contribution in [3.05, 3.63) is 84.5 Å². The fourth-order valence-corrected chi connectivity index (χ4v) is 5.00. The van der Waals surface area contributed by atoms with Crippen LogP contribution in [-0.2, 0) is 13.6 Å². The highest BCUT2D eigenvalue weighted by molar-refractivity contribution is 6.06. The number of hydrogen-bond acceptors (Lipinski definition) is 5. The van der Waals surface area contributed by atoms with Crippen LogP contribution in [0.2, 0.25) is 0 Å². The van der Waals surface area contributed by atoms with Gasteiger partial charge in [0.2, 0.25) is 0 Å². The van der Waals surface area contributed by atoms with Gasteiger partial charge in [0.15, 0.2) is 0 Å². The Kier molecular flexibility index (Phi) is 4.28. The maximum absolute atomic E-state index is 13.5. The molecule has 1 aromatic carbocycles. The summed E-state index contributed by atoms with van der Waals surface area (Å²) in [5, 5.41) is 11.8. The maximum atomic E-state index is 13.5. The molecule has 2 aliphatic heterocycles. The molecular weight excluding hydrogens is 400 g/mol. The molecule has 1 saturated heterocycles. The summed E-state index contributed by atoms with van der Waals surface area (Å²) in [7, 11) is 1.68. The minimum atomic E-state index is -0.656. The predicted molar refractivity (Wildman–Crippen MR) is 113 cm³/mol. The van der Waals surface area contributed by atoms with E-state index in [1.807, 2.05) is 24.3 Å². The van der Waals surface area contributed by atoms with Crippen LogP contribution < -0.4 is 11.1 Å². The quantitative estimate of drug-likeness (QED) is 0.465. The monoisotopic (exact) mass is 420 g/mol. The summed E-state index contributed by atoms with van der Waals surface area (Å²) < 4.78 is 3.01. The number of pyridine rings is 2. The molecule has 1 amide bonds. The van der Waals surface area contributed by atoms with E-state index in [0.29, 0.717) is 30.7 Å². The van der Waals surface area contributed by atoms with Crippen LogP contribution in [0.25, 0.3) is 10.9 Å². The molecule has 2 aromatic heterocycles. The highest BCUT2D eigenvalue weighted by atomic mass is 16.6. The van der Waals surface area contributed by atoms with Crippen LogP contribution in [0.5, 0.6) is 0 Å². The van der Waals surface area contributed by atoms with E-state index in [-0.39, 0.29) is 23.3 Å². The number of fused-ring (bicyclic) bond motifs is 5. The van der Waals surface area contributed by atoms with Crippen molar-refractivity contribution in [1.82, 2.24) is 14.0 Å². The van der Waals surface area contributed by atoms with Crippen molar-refractivity contribution < 1.29 is 9.72 Å². The molecule has 2 aliphatic rings. The van der Waals surface area contributed by atoms with Gasteiger partial charge in [-0.05, 0) is 24.5 Å². The molecule has 0 aliphatic carbocycles. The van der Waals surface area contributed by atoms with Gasteiger partial charge < -0.3 is 14.0 Å². The topological polar surface area (TPSA) is 107 Å². The Balaban J connectivity index is 1.53. The number of nitrogens with zero attached hydrogens (tertiary/aromatic N) is 4. The third kappa shape index (κ3) is 2.96. The number of aromatic nitrogens is 2. The summed E-state index contributed by atoms with van der Waals surface area (Å²) in [6.45, 7) is 1.18. The zero-order valence-electron chi connectivity index (χ0n) is 16.9. The van der Waals surface area contributed by atoms with E-state index in [4.69, 9.17) is 0 Å². The Morgan fingerprint density at radius 1 is 1.10 bits per heavy atom. The molecule has 9 heteroatoms. The summed E-state index contributed by atoms with van der Waals surface area (Å²) in [5.74, 6) is -0.267. The highest BCUT2D eigenvalue weighted by Crippen LogP contribution is 2.36. The first-order chi connectivity index (χ1) is 14.8. The summed E-state index contributed by atoms with van der Waals surface area (Å²) in [6.07, 6.45) is 0.818. The third-order valence-corrected chi connectivity index (χ3v) is 6.45. The fraction of sp³-hybridized carbons (Fsp3) is 0.318. The lowest BCUT2D eigenvalue weighted by Gasteiger charge is -2.42. The highest BCUT2D eigenvalue weighted by Gasteiger charge is 2.38. The van der Waals surface area contributed by atoms with E-state index in [9.17, 15) is 24.5 Å². The van der Waals surface area contributed by atoms with Gasteiger partial charge in [0.05, 0.1) is 16.0 Å². The van der Waals surface area contributed by atoms with Crippen molar-refractivity contribution in [2.75, 3.05) is 13.1 Å². The Labute approximate surface area is 176 Å². The summed E-state index contributed by atoms with van der Waals surface area (Å²) >= 11 is 0. The van der Waals surface area contributed by atoms with Crippen molar-refractivity contribution in [2.24, 2.45) is 13.0 Å². The molecule has 158 valence electrons. The Bertz CT molecular complexity index is 1370. The SMILES string of the molecule is Cn1c(=O)cc(C(=O)N2C[C@@H]3C[C@H](C2)c2ccc([N+](=O)[O-])c(=O)n2C3)c2ccccc21. The number of piperidine rings is 1. The number of para-hydroxylation sites is 1. The standard InChI is InChI=1S/C22H20N4O5/c1-23-18-5-3-2-4-15(18)16(9-20(23)27)21(28)24-10-13-8-14(12-24)17-6-7-19(26(30)31)22(29)25(17)11-13/h2-7,9,13-14H,8,10-12H2,1H3/t13-,14+/m0/s1. The molecule has 9 nitrogen and oxygen atoms in total. The van der Waals surface area contributed by atoms with Crippen molar-refractivity contribution in [3.63, 3.8) is 0 Å². The summed E-state index contributed by atoms with van der Waals surface area (Å²) in [6, 6.07) is 11.6. The first kappa shape index (κ1) is 19.2. The number of likely N-dealkylation sites (tertiary alicyclic amines) is 1. The Morgan fingerprint density at radius 2 is 1.87 bits per heavy atom. The molecule has 4 heterocycles. The first-order valence-corrected chi connectivity index (χ1v) is 10.1. The lowest BCUT2D eigenvalue weighted by molar-refractivity contribution is -0.386. The van der Waals surface area contributed by atoms with Crippen LogP contribution >= 0.6 is 0 Å². The van der Waals surface area contributed by atoms with Crippen LogP contribution in [0.15, 0.2) is 52.1 Å². The average Bonchev–Trinajstić information content (AvgIpc) is 2.76. The van der Waals surface area contributed by atoms with Gasteiger partial charge in [0.1, 0.15) is 0 Å². The second-order valence-corrected chi connectivity index (χ2v) is 8.30. The van der Waals surface area contributed by atoms with Gasteiger partial charge in [-0.25, -0.2) is 0 Å². The van der Waals surface area contributed by atoms with Gasteiger partial charge in [-0.15, -0.1) is 0 Å². The van der Waals surface area contributed by atoms with Gasteiger partial charge in [-0.3, -0.25) is 24.5 Å². The molecule has 0 N–H and O–H groups in total. The zero-order chi connectivity index (χ0) is 21.9. The summed E-state index contributed by atoms with van der Waals surface area (Å²) in [4.78, 5) is 50.6. The number of aryl methyl sites for hydroxylation is 1. The zero-order valence-corrected chi connectivity index (χ0v) is 16.9. The van der Waals surface area contributed by atoms with E-state index in [1.165, 1.54) is 21.3 Å². The van der Waals surface area contributed by atoms with E-state index in [1.54, 1.807) is 18.0 Å². The molecule has 2 bridgehead atoms. The number of carbonyl (C=O) groups excluding carboxylic acids is 1. The molecule has 3 aromatic rings. The number of carbonyl (C=O) groups is 1. The minimum Gasteiger partial charge on any atom is -0.338 e. The molecule has 0 spiro atoms. The molecule has 0 unspecified atom stereocenters. The second kappa shape index (κ2) is 6.90. The number of hydrogen-bond donors (Lipinski definition) is 0. The van der Waals surface area contributed by atoms with Crippen LogP contribution in [0.3, 0.4) is 0 Å². The number of amides is 1. The van der Waals surface area contributed by atoms with E-state index >= 15 is 0 Å². The van der Waals surface area contributed by atoms with Crippen molar-refractivity contribution in [1.29, 1.82) is 0 Å². The predicted octanol–water partition coefficient (Wildman–Crippen LogP) is 1.87. The van der Waals surface area contributed by atoms with Gasteiger partial charge >= 0.3 is 11.2 Å². The molecule has 5 rings (SSSR count). The van der Waals surface area contributed by atoms with E-state index in [2.05, 4.69) is 0 Å². The average molecular weight is 420 g/mol. The fourth-order valence-electron chi connectivity index (χ4n) is 5.00. The van der Waals surface area contributed by atoms with Gasteiger partial charge in [0, 0.05) is 55.8 Å². The molecular formula is C22H20N4O5. The lowest BCUT2D eigenvalue weighted by atomic mass is 9.82. The lowest BCUT2D eigenvalue weighted by Crippen LogP contribution is -2.49. The number of benzene rings is 1. The molecule has 2 atom stereocenters. The van der Waals surface area contributed by atoms with Crippen molar-refractivity contribution in [2.45, 2.75) is 18.9 Å². The van der Waals surface area contributed by atoms with E-state index in [0.717, 1.165) is 17.5 Å². The molecule has 31 heavy (non-hydrogen) atoms.